The van der Waals surface area contributed by atoms with Crippen LogP contribution in [-0.4, -0.2) is 32.6 Å². The molecule has 0 aromatic heterocycles. The number of nitrogens with zero attached hydrogens (tertiary/aromatic N) is 1. The minimum absolute atomic E-state index is 0.0519. The first kappa shape index (κ1) is 16.1. The number of rotatable bonds is 5. The highest BCUT2D eigenvalue weighted by Crippen LogP contribution is 2.27. The second-order valence-corrected chi connectivity index (χ2v) is 6.20. The van der Waals surface area contributed by atoms with Crippen molar-refractivity contribution in [3.8, 4) is 0 Å². The van der Waals surface area contributed by atoms with E-state index in [1.54, 1.807) is 6.07 Å². The Bertz CT molecular complexity index is 484. The second kappa shape index (κ2) is 7.66. The van der Waals surface area contributed by atoms with Crippen molar-refractivity contribution in [3.05, 3.63) is 23.2 Å². The van der Waals surface area contributed by atoms with Gasteiger partial charge in [0.25, 0.3) is 0 Å². The molecular formula is C16H24ClN3O. The van der Waals surface area contributed by atoms with Gasteiger partial charge in [-0.15, -0.1) is 0 Å². The fourth-order valence-electron chi connectivity index (χ4n) is 2.65. The van der Waals surface area contributed by atoms with E-state index in [0.29, 0.717) is 17.5 Å². The standard InChI is InChI=1S/C16H24ClN3O/c1-20(2)15-8-6-13(11-14(15)17)19-16(21)9-7-12-5-3-4-10-18-12/h6,8,11-12,18H,3-5,7,9-10H2,1-2H3,(H,19,21). The molecule has 1 amide bonds. The van der Waals surface area contributed by atoms with Gasteiger partial charge >= 0.3 is 0 Å². The van der Waals surface area contributed by atoms with Crippen molar-refractivity contribution >= 4 is 28.9 Å². The number of benzene rings is 1. The van der Waals surface area contributed by atoms with Crippen molar-refractivity contribution in [2.24, 2.45) is 0 Å². The molecule has 2 rings (SSSR count). The molecule has 1 aromatic rings. The Kier molecular flexibility index (Phi) is 5.88. The first-order chi connectivity index (χ1) is 10.1. The Morgan fingerprint density at radius 1 is 1.43 bits per heavy atom. The van der Waals surface area contributed by atoms with Gasteiger partial charge in [-0.1, -0.05) is 18.0 Å². The van der Waals surface area contributed by atoms with Crippen LogP contribution in [0.25, 0.3) is 0 Å². The summed E-state index contributed by atoms with van der Waals surface area (Å²) in [6, 6.07) is 6.09. The molecule has 1 aliphatic heterocycles. The summed E-state index contributed by atoms with van der Waals surface area (Å²) in [5.74, 6) is 0.0519. The van der Waals surface area contributed by atoms with Gasteiger partial charge in [0.1, 0.15) is 0 Å². The minimum Gasteiger partial charge on any atom is -0.376 e. The predicted octanol–water partition coefficient (Wildman–Crippen LogP) is 3.27. The van der Waals surface area contributed by atoms with E-state index in [1.165, 1.54) is 19.3 Å². The molecule has 1 heterocycles. The molecule has 1 aromatic carbocycles. The zero-order chi connectivity index (χ0) is 15.2. The SMILES string of the molecule is CN(C)c1ccc(NC(=O)CCC2CCCCN2)cc1Cl. The summed E-state index contributed by atoms with van der Waals surface area (Å²) in [5.41, 5.74) is 1.70. The van der Waals surface area contributed by atoms with Crippen LogP contribution in [0.1, 0.15) is 32.1 Å². The summed E-state index contributed by atoms with van der Waals surface area (Å²) in [4.78, 5) is 13.9. The molecule has 1 saturated heterocycles. The normalized spacial score (nSPS) is 18.3. The number of hydrogen-bond acceptors (Lipinski definition) is 3. The van der Waals surface area contributed by atoms with E-state index in [0.717, 1.165) is 24.3 Å². The maximum absolute atomic E-state index is 12.0. The molecule has 1 fully saturated rings. The van der Waals surface area contributed by atoms with Gasteiger partial charge < -0.3 is 15.5 Å². The van der Waals surface area contributed by atoms with E-state index in [4.69, 9.17) is 11.6 Å². The van der Waals surface area contributed by atoms with Crippen molar-refractivity contribution in [1.29, 1.82) is 0 Å². The fraction of sp³-hybridized carbons (Fsp3) is 0.562. The largest absolute Gasteiger partial charge is 0.376 e. The molecule has 5 heteroatoms. The minimum atomic E-state index is 0.0519. The van der Waals surface area contributed by atoms with Crippen LogP contribution in [0.3, 0.4) is 0 Å². The Hall–Kier alpha value is -1.26. The summed E-state index contributed by atoms with van der Waals surface area (Å²) in [5, 5.41) is 7.02. The third kappa shape index (κ3) is 4.90. The van der Waals surface area contributed by atoms with E-state index in [9.17, 15) is 4.79 Å². The van der Waals surface area contributed by atoms with Crippen LogP contribution < -0.4 is 15.5 Å². The van der Waals surface area contributed by atoms with Gasteiger partial charge in [0.15, 0.2) is 0 Å². The molecule has 2 N–H and O–H groups in total. The first-order valence-electron chi connectivity index (χ1n) is 7.56. The quantitative estimate of drug-likeness (QED) is 0.877. The lowest BCUT2D eigenvalue weighted by Gasteiger charge is -2.23. The van der Waals surface area contributed by atoms with Gasteiger partial charge in [0.2, 0.25) is 5.91 Å². The van der Waals surface area contributed by atoms with Crippen LogP contribution in [0.2, 0.25) is 5.02 Å². The summed E-state index contributed by atoms with van der Waals surface area (Å²) < 4.78 is 0. The number of halogens is 1. The highest BCUT2D eigenvalue weighted by Gasteiger charge is 2.14. The zero-order valence-corrected chi connectivity index (χ0v) is 13.5. The number of carbonyl (C=O) groups is 1. The van der Waals surface area contributed by atoms with Crippen molar-refractivity contribution in [3.63, 3.8) is 0 Å². The lowest BCUT2D eigenvalue weighted by atomic mass is 10.0. The molecule has 0 radical (unpaired) electrons. The average Bonchev–Trinajstić information content (AvgIpc) is 2.46. The predicted molar refractivity (Wildman–Crippen MR) is 89.3 cm³/mol. The van der Waals surface area contributed by atoms with Gasteiger partial charge in [-0.05, 0) is 44.0 Å². The van der Waals surface area contributed by atoms with Gasteiger partial charge in [0, 0.05) is 32.2 Å². The topological polar surface area (TPSA) is 44.4 Å². The fourth-order valence-corrected chi connectivity index (χ4v) is 3.00. The molecule has 1 unspecified atom stereocenters. The van der Waals surface area contributed by atoms with Crippen LogP contribution >= 0.6 is 11.6 Å². The van der Waals surface area contributed by atoms with Crippen LogP contribution in [-0.2, 0) is 4.79 Å². The van der Waals surface area contributed by atoms with Crippen molar-refractivity contribution in [2.75, 3.05) is 30.9 Å². The Balaban J connectivity index is 1.83. The van der Waals surface area contributed by atoms with Gasteiger partial charge in [0.05, 0.1) is 10.7 Å². The number of hydrogen-bond donors (Lipinski definition) is 2. The Morgan fingerprint density at radius 2 is 2.24 bits per heavy atom. The van der Waals surface area contributed by atoms with Crippen molar-refractivity contribution in [2.45, 2.75) is 38.1 Å². The molecule has 116 valence electrons. The maximum atomic E-state index is 12.0. The molecule has 0 aliphatic carbocycles. The molecule has 4 nitrogen and oxygen atoms in total. The van der Waals surface area contributed by atoms with Crippen molar-refractivity contribution < 1.29 is 4.79 Å². The molecule has 21 heavy (non-hydrogen) atoms. The molecule has 0 bridgehead atoms. The summed E-state index contributed by atoms with van der Waals surface area (Å²) in [6.45, 7) is 1.08. The summed E-state index contributed by atoms with van der Waals surface area (Å²) in [7, 11) is 3.88. The number of anilines is 2. The lowest BCUT2D eigenvalue weighted by Crippen LogP contribution is -2.34. The average molecular weight is 310 g/mol. The second-order valence-electron chi connectivity index (χ2n) is 5.79. The molecule has 0 spiro atoms. The molecule has 0 saturated carbocycles. The third-order valence-electron chi connectivity index (χ3n) is 3.85. The highest BCUT2D eigenvalue weighted by atomic mass is 35.5. The third-order valence-corrected chi connectivity index (χ3v) is 4.15. The number of piperidine rings is 1. The zero-order valence-electron chi connectivity index (χ0n) is 12.8. The van der Waals surface area contributed by atoms with Crippen LogP contribution in [0.4, 0.5) is 11.4 Å². The smallest absolute Gasteiger partial charge is 0.224 e. The van der Waals surface area contributed by atoms with E-state index < -0.39 is 0 Å². The van der Waals surface area contributed by atoms with E-state index in [-0.39, 0.29) is 5.91 Å². The Morgan fingerprint density at radius 3 is 2.86 bits per heavy atom. The maximum Gasteiger partial charge on any atom is 0.224 e. The van der Waals surface area contributed by atoms with E-state index >= 15 is 0 Å². The number of amides is 1. The summed E-state index contributed by atoms with van der Waals surface area (Å²) >= 11 is 6.20. The highest BCUT2D eigenvalue weighted by molar-refractivity contribution is 6.33. The molecular weight excluding hydrogens is 286 g/mol. The van der Waals surface area contributed by atoms with Gasteiger partial charge in [-0.2, -0.15) is 0 Å². The number of nitrogens with one attached hydrogen (secondary N) is 2. The molecule has 1 atom stereocenters. The van der Waals surface area contributed by atoms with Crippen LogP contribution in [0, 0.1) is 0 Å². The van der Waals surface area contributed by atoms with E-state index in [1.807, 2.05) is 31.1 Å². The summed E-state index contributed by atoms with van der Waals surface area (Å²) in [6.07, 6.45) is 5.14. The lowest BCUT2D eigenvalue weighted by molar-refractivity contribution is -0.116. The first-order valence-corrected chi connectivity index (χ1v) is 7.94. The number of carbonyl (C=O) groups excluding carboxylic acids is 1. The monoisotopic (exact) mass is 309 g/mol. The molecule has 1 aliphatic rings. The van der Waals surface area contributed by atoms with Gasteiger partial charge in [-0.25, -0.2) is 0 Å². The Labute approximate surface area is 131 Å². The van der Waals surface area contributed by atoms with Crippen LogP contribution in [0.5, 0.6) is 0 Å². The van der Waals surface area contributed by atoms with Crippen LogP contribution in [0.15, 0.2) is 18.2 Å². The van der Waals surface area contributed by atoms with Gasteiger partial charge in [-0.3, -0.25) is 4.79 Å². The van der Waals surface area contributed by atoms with Crippen molar-refractivity contribution in [1.82, 2.24) is 5.32 Å². The van der Waals surface area contributed by atoms with E-state index in [2.05, 4.69) is 10.6 Å².